The van der Waals surface area contributed by atoms with Crippen molar-refractivity contribution in [2.45, 2.75) is 11.3 Å². The first-order chi connectivity index (χ1) is 8.40. The van der Waals surface area contributed by atoms with Gasteiger partial charge in [0.1, 0.15) is 0 Å². The molecule has 0 saturated carbocycles. The van der Waals surface area contributed by atoms with Crippen molar-refractivity contribution >= 4 is 15.7 Å². The molecule has 9 heteroatoms. The number of hydrogen-bond acceptors (Lipinski definition) is 5. The minimum atomic E-state index is -4.17. The van der Waals surface area contributed by atoms with Crippen LogP contribution in [-0.2, 0) is 10.0 Å². The van der Waals surface area contributed by atoms with E-state index in [0.29, 0.717) is 0 Å². The van der Waals surface area contributed by atoms with Gasteiger partial charge in [-0.15, -0.1) is 0 Å². The number of nitrogens with one attached hydrogen (secondary N) is 1. The third-order valence-electron chi connectivity index (χ3n) is 2.05. The molecule has 0 aromatic heterocycles. The Balaban J connectivity index is 3.16. The van der Waals surface area contributed by atoms with Crippen molar-refractivity contribution in [2.24, 2.45) is 0 Å². The Hall–Kier alpha value is -1.58. The van der Waals surface area contributed by atoms with E-state index in [4.69, 9.17) is 5.11 Å². The maximum atomic E-state index is 13.2. The van der Waals surface area contributed by atoms with Crippen LogP contribution in [0.25, 0.3) is 0 Å². The van der Waals surface area contributed by atoms with Crippen LogP contribution in [0.15, 0.2) is 23.1 Å². The average molecular weight is 278 g/mol. The van der Waals surface area contributed by atoms with Crippen molar-refractivity contribution < 1.29 is 22.8 Å². The zero-order valence-corrected chi connectivity index (χ0v) is 9.98. The van der Waals surface area contributed by atoms with E-state index in [1.165, 1.54) is 0 Å². The summed E-state index contributed by atoms with van der Waals surface area (Å²) in [5.74, 6) is -1.22. The zero-order valence-electron chi connectivity index (χ0n) is 9.17. The number of benzene rings is 1. The van der Waals surface area contributed by atoms with Crippen LogP contribution in [0, 0.1) is 15.9 Å². The topological polar surface area (TPSA) is 110 Å². The lowest BCUT2D eigenvalue weighted by molar-refractivity contribution is -0.390. The third-order valence-corrected chi connectivity index (χ3v) is 3.54. The molecule has 0 aliphatic rings. The zero-order chi connectivity index (χ0) is 13.8. The van der Waals surface area contributed by atoms with Gasteiger partial charge in [-0.1, -0.05) is 6.07 Å². The average Bonchev–Trinajstić information content (AvgIpc) is 2.28. The molecule has 1 aromatic carbocycles. The van der Waals surface area contributed by atoms with Crippen molar-refractivity contribution in [3.05, 3.63) is 34.1 Å². The highest BCUT2D eigenvalue weighted by molar-refractivity contribution is 7.89. The van der Waals surface area contributed by atoms with Crippen LogP contribution < -0.4 is 4.72 Å². The lowest BCUT2D eigenvalue weighted by atomic mass is 10.3. The van der Waals surface area contributed by atoms with Crippen LogP contribution in [0.4, 0.5) is 10.1 Å². The van der Waals surface area contributed by atoms with E-state index < -0.39 is 31.3 Å². The first kappa shape index (κ1) is 14.5. The Labute approximate surface area is 102 Å². The highest BCUT2D eigenvalue weighted by Gasteiger charge is 2.28. The fourth-order valence-corrected chi connectivity index (χ4v) is 2.51. The van der Waals surface area contributed by atoms with Gasteiger partial charge < -0.3 is 5.11 Å². The summed E-state index contributed by atoms with van der Waals surface area (Å²) in [5, 5.41) is 19.2. The van der Waals surface area contributed by atoms with E-state index in [1.807, 2.05) is 4.72 Å². The van der Waals surface area contributed by atoms with E-state index in [0.717, 1.165) is 18.2 Å². The SMILES string of the molecule is O=[N+]([O-])c1c(F)cccc1S(=O)(=O)NCCCO. The quantitative estimate of drug-likeness (QED) is 0.444. The van der Waals surface area contributed by atoms with E-state index in [-0.39, 0.29) is 19.6 Å². The van der Waals surface area contributed by atoms with Crippen molar-refractivity contribution in [2.75, 3.05) is 13.2 Å². The summed E-state index contributed by atoms with van der Waals surface area (Å²) in [6.45, 7) is -0.319. The van der Waals surface area contributed by atoms with Crippen LogP contribution in [0.2, 0.25) is 0 Å². The van der Waals surface area contributed by atoms with Crippen molar-refractivity contribution in [3.63, 3.8) is 0 Å². The molecule has 2 N–H and O–H groups in total. The lowest BCUT2D eigenvalue weighted by Gasteiger charge is -2.06. The number of halogens is 1. The van der Waals surface area contributed by atoms with Gasteiger partial charge in [0.25, 0.3) is 0 Å². The summed E-state index contributed by atoms with van der Waals surface area (Å²) in [7, 11) is -4.17. The molecule has 0 spiro atoms. The first-order valence-electron chi connectivity index (χ1n) is 4.93. The van der Waals surface area contributed by atoms with Gasteiger partial charge >= 0.3 is 5.69 Å². The lowest BCUT2D eigenvalue weighted by Crippen LogP contribution is -2.26. The van der Waals surface area contributed by atoms with E-state index >= 15 is 0 Å². The normalized spacial score (nSPS) is 11.4. The summed E-state index contributed by atoms with van der Waals surface area (Å²) in [6, 6.07) is 2.83. The molecule has 7 nitrogen and oxygen atoms in total. The van der Waals surface area contributed by atoms with Gasteiger partial charge in [-0.2, -0.15) is 4.39 Å². The van der Waals surface area contributed by atoms with E-state index in [9.17, 15) is 22.9 Å². The molecule has 0 saturated heterocycles. The standard InChI is InChI=1S/C9H11FN2O5S/c10-7-3-1-4-8(9(7)12(14)15)18(16,17)11-5-2-6-13/h1,3-4,11,13H,2,5-6H2. The highest BCUT2D eigenvalue weighted by Crippen LogP contribution is 2.26. The summed E-state index contributed by atoms with van der Waals surface area (Å²) in [6.07, 6.45) is 0.155. The molecule has 0 unspecified atom stereocenters. The molecule has 1 rings (SSSR count). The Kier molecular flexibility index (Phi) is 4.70. The Bertz CT molecular complexity index is 546. The molecule has 0 aliphatic carbocycles. The molecule has 100 valence electrons. The Morgan fingerprint density at radius 1 is 1.44 bits per heavy atom. The van der Waals surface area contributed by atoms with Crippen LogP contribution >= 0.6 is 0 Å². The van der Waals surface area contributed by atoms with Crippen molar-refractivity contribution in [1.82, 2.24) is 4.72 Å². The van der Waals surface area contributed by atoms with Gasteiger partial charge in [0.05, 0.1) is 4.92 Å². The fourth-order valence-electron chi connectivity index (χ4n) is 1.25. The fraction of sp³-hybridized carbons (Fsp3) is 0.333. The minimum absolute atomic E-state index is 0.0908. The van der Waals surface area contributed by atoms with Gasteiger partial charge in [0.2, 0.25) is 15.8 Å². The number of sulfonamides is 1. The molecule has 0 atom stereocenters. The third kappa shape index (κ3) is 3.22. The second-order valence-corrected chi connectivity index (χ2v) is 5.05. The van der Waals surface area contributed by atoms with Crippen molar-refractivity contribution in [1.29, 1.82) is 0 Å². The van der Waals surface area contributed by atoms with Crippen LogP contribution in [0.5, 0.6) is 0 Å². The Morgan fingerprint density at radius 2 is 2.11 bits per heavy atom. The van der Waals surface area contributed by atoms with Gasteiger partial charge in [-0.3, -0.25) is 10.1 Å². The predicted molar refractivity (Wildman–Crippen MR) is 59.9 cm³/mol. The largest absolute Gasteiger partial charge is 0.396 e. The predicted octanol–water partition coefficient (Wildman–Crippen LogP) is 0.395. The number of nitrogens with zero attached hydrogens (tertiary/aromatic N) is 1. The number of aliphatic hydroxyl groups is 1. The maximum absolute atomic E-state index is 13.2. The summed E-state index contributed by atoms with van der Waals surface area (Å²) >= 11 is 0. The van der Waals surface area contributed by atoms with Crippen LogP contribution in [0.1, 0.15) is 6.42 Å². The smallest absolute Gasteiger partial charge is 0.324 e. The van der Waals surface area contributed by atoms with Gasteiger partial charge in [-0.25, -0.2) is 13.1 Å². The van der Waals surface area contributed by atoms with Crippen LogP contribution in [-0.4, -0.2) is 31.6 Å². The van der Waals surface area contributed by atoms with Gasteiger partial charge in [-0.05, 0) is 18.6 Å². The molecular weight excluding hydrogens is 267 g/mol. The highest BCUT2D eigenvalue weighted by atomic mass is 32.2. The summed E-state index contributed by atoms with van der Waals surface area (Å²) < 4.78 is 38.7. The van der Waals surface area contributed by atoms with Gasteiger partial charge in [0.15, 0.2) is 4.90 Å². The molecule has 0 amide bonds. The Morgan fingerprint density at radius 3 is 2.67 bits per heavy atom. The van der Waals surface area contributed by atoms with E-state index in [1.54, 1.807) is 0 Å². The molecule has 1 aromatic rings. The molecule has 0 bridgehead atoms. The number of rotatable bonds is 6. The molecule has 0 fully saturated rings. The second kappa shape index (κ2) is 5.85. The number of nitro groups is 1. The molecule has 0 aliphatic heterocycles. The second-order valence-electron chi connectivity index (χ2n) is 3.32. The van der Waals surface area contributed by atoms with E-state index in [2.05, 4.69) is 0 Å². The monoisotopic (exact) mass is 278 g/mol. The van der Waals surface area contributed by atoms with Gasteiger partial charge in [0, 0.05) is 13.2 Å². The first-order valence-corrected chi connectivity index (χ1v) is 6.42. The molecule has 0 heterocycles. The summed E-state index contributed by atoms with van der Waals surface area (Å²) in [5.41, 5.74) is -1.09. The number of aliphatic hydroxyl groups excluding tert-OH is 1. The van der Waals surface area contributed by atoms with Crippen LogP contribution in [0.3, 0.4) is 0 Å². The molecular formula is C9H11FN2O5S. The van der Waals surface area contributed by atoms with Crippen molar-refractivity contribution in [3.8, 4) is 0 Å². The number of para-hydroxylation sites is 1. The molecule has 18 heavy (non-hydrogen) atoms. The number of hydrogen-bond donors (Lipinski definition) is 2. The number of nitro benzene ring substituents is 1. The molecule has 0 radical (unpaired) electrons. The minimum Gasteiger partial charge on any atom is -0.396 e. The maximum Gasteiger partial charge on any atom is 0.324 e. The summed E-state index contributed by atoms with van der Waals surface area (Å²) in [4.78, 5) is 8.83.